The van der Waals surface area contributed by atoms with Gasteiger partial charge in [0.25, 0.3) is 0 Å². The number of nitrogens with zero attached hydrogens (tertiary/aromatic N) is 1. The molecule has 2 aromatic rings. The van der Waals surface area contributed by atoms with Gasteiger partial charge in [0.05, 0.1) is 19.3 Å². The third-order valence-corrected chi connectivity index (χ3v) is 8.60. The Bertz CT molecular complexity index is 1150. The van der Waals surface area contributed by atoms with Crippen LogP contribution >= 0.6 is 0 Å². The SMILES string of the molecule is COc1ccc([C@@H]2CN(C(=O)C(NC(=O)OCc3ccccc3)C(C)C)C[C@@]2(C)[C@@H](C)O)cc1OC1CCCC1. The molecule has 1 saturated heterocycles. The van der Waals surface area contributed by atoms with E-state index in [2.05, 4.69) is 5.32 Å². The third kappa shape index (κ3) is 6.72. The molecule has 1 saturated carbocycles. The predicted molar refractivity (Wildman–Crippen MR) is 153 cm³/mol. The fourth-order valence-electron chi connectivity index (χ4n) is 5.88. The van der Waals surface area contributed by atoms with E-state index in [1.807, 2.05) is 69.3 Å². The molecule has 2 aromatic carbocycles. The molecule has 4 atom stereocenters. The lowest BCUT2D eigenvalue weighted by atomic mass is 9.72. The highest BCUT2D eigenvalue weighted by molar-refractivity contribution is 5.86. The summed E-state index contributed by atoms with van der Waals surface area (Å²) in [7, 11) is 1.64. The summed E-state index contributed by atoms with van der Waals surface area (Å²) in [4.78, 5) is 28.2. The second-order valence-corrected chi connectivity index (χ2v) is 11.8. The number of nitrogens with one attached hydrogen (secondary N) is 1. The number of aliphatic hydroxyl groups is 1. The maximum absolute atomic E-state index is 13.8. The number of ether oxygens (including phenoxy) is 3. The van der Waals surface area contributed by atoms with Crippen molar-refractivity contribution in [2.45, 2.75) is 84.2 Å². The van der Waals surface area contributed by atoms with Crippen molar-refractivity contribution < 1.29 is 28.9 Å². The number of aliphatic hydroxyl groups excluding tert-OH is 1. The molecule has 8 nitrogen and oxygen atoms in total. The van der Waals surface area contributed by atoms with Gasteiger partial charge in [-0.05, 0) is 61.8 Å². The van der Waals surface area contributed by atoms with Gasteiger partial charge in [0.15, 0.2) is 11.5 Å². The van der Waals surface area contributed by atoms with Crippen LogP contribution in [0, 0.1) is 11.3 Å². The maximum atomic E-state index is 13.8. The van der Waals surface area contributed by atoms with Crippen LogP contribution < -0.4 is 14.8 Å². The highest BCUT2D eigenvalue weighted by Crippen LogP contribution is 2.47. The highest BCUT2D eigenvalue weighted by atomic mass is 16.5. The van der Waals surface area contributed by atoms with Crippen molar-refractivity contribution in [1.29, 1.82) is 0 Å². The van der Waals surface area contributed by atoms with Gasteiger partial charge >= 0.3 is 6.09 Å². The molecule has 2 N–H and O–H groups in total. The molecule has 0 radical (unpaired) electrons. The smallest absolute Gasteiger partial charge is 0.408 e. The van der Waals surface area contributed by atoms with Gasteiger partial charge in [-0.15, -0.1) is 0 Å². The van der Waals surface area contributed by atoms with E-state index in [4.69, 9.17) is 14.2 Å². The van der Waals surface area contributed by atoms with Crippen LogP contribution in [0.1, 0.15) is 70.4 Å². The Morgan fingerprint density at radius 3 is 2.40 bits per heavy atom. The Labute approximate surface area is 238 Å². The summed E-state index contributed by atoms with van der Waals surface area (Å²) in [5, 5.41) is 13.7. The first-order chi connectivity index (χ1) is 19.1. The number of hydrogen-bond acceptors (Lipinski definition) is 6. The molecule has 0 aromatic heterocycles. The average Bonchev–Trinajstić information content (AvgIpc) is 3.59. The molecule has 2 aliphatic rings. The Hall–Kier alpha value is -3.26. The topological polar surface area (TPSA) is 97.3 Å². The average molecular weight is 553 g/mol. The number of amides is 2. The molecular formula is C32H44N2O6. The summed E-state index contributed by atoms with van der Waals surface area (Å²) in [6, 6.07) is 14.6. The van der Waals surface area contributed by atoms with E-state index >= 15 is 0 Å². The molecule has 1 heterocycles. The standard InChI is InChI=1S/C32H44N2O6/c1-21(2)29(33-31(37)39-19-23-11-7-6-8-12-23)30(36)34-18-26(32(4,20-34)22(3)35)24-15-16-27(38-5)28(17-24)40-25-13-9-10-14-25/h6-8,11-12,15-17,21-22,25-26,29,35H,9-10,13-14,18-20H2,1-5H3,(H,33,37)/t22-,26+,29?,32+/m1/s1. The van der Waals surface area contributed by atoms with E-state index in [-0.39, 0.29) is 30.5 Å². The Balaban J connectivity index is 1.51. The summed E-state index contributed by atoms with van der Waals surface area (Å²) < 4.78 is 17.3. The first kappa shape index (κ1) is 29.7. The Morgan fingerprint density at radius 1 is 1.07 bits per heavy atom. The Kier molecular flexibility index (Phi) is 9.61. The van der Waals surface area contributed by atoms with E-state index in [0.29, 0.717) is 24.6 Å². The van der Waals surface area contributed by atoms with Crippen molar-refractivity contribution in [3.05, 3.63) is 59.7 Å². The largest absolute Gasteiger partial charge is 0.493 e. The molecule has 8 heteroatoms. The fraction of sp³-hybridized carbons (Fsp3) is 0.562. The number of alkyl carbamates (subject to hydrolysis) is 1. The van der Waals surface area contributed by atoms with Crippen LogP contribution in [-0.2, 0) is 16.1 Å². The van der Waals surface area contributed by atoms with Gasteiger partial charge in [0.2, 0.25) is 5.91 Å². The van der Waals surface area contributed by atoms with Gasteiger partial charge in [0, 0.05) is 24.4 Å². The number of methoxy groups -OCH3 is 1. The van der Waals surface area contributed by atoms with Crippen molar-refractivity contribution in [2.75, 3.05) is 20.2 Å². The van der Waals surface area contributed by atoms with Crippen LogP contribution in [0.4, 0.5) is 4.79 Å². The van der Waals surface area contributed by atoms with Crippen LogP contribution in [0.3, 0.4) is 0 Å². The molecule has 1 aliphatic carbocycles. The highest BCUT2D eigenvalue weighted by Gasteiger charge is 2.49. The molecule has 1 aliphatic heterocycles. The molecule has 218 valence electrons. The van der Waals surface area contributed by atoms with Crippen LogP contribution in [0.2, 0.25) is 0 Å². The minimum Gasteiger partial charge on any atom is -0.493 e. The van der Waals surface area contributed by atoms with Gasteiger partial charge in [0.1, 0.15) is 12.6 Å². The van der Waals surface area contributed by atoms with Crippen molar-refractivity contribution in [3.8, 4) is 11.5 Å². The number of benzene rings is 2. The maximum Gasteiger partial charge on any atom is 0.408 e. The molecule has 40 heavy (non-hydrogen) atoms. The summed E-state index contributed by atoms with van der Waals surface area (Å²) in [5.41, 5.74) is 1.27. The van der Waals surface area contributed by atoms with Crippen LogP contribution in [-0.4, -0.2) is 60.5 Å². The number of carbonyl (C=O) groups is 2. The second-order valence-electron chi connectivity index (χ2n) is 11.8. The fourth-order valence-corrected chi connectivity index (χ4v) is 5.88. The number of hydrogen-bond donors (Lipinski definition) is 2. The van der Waals surface area contributed by atoms with Gasteiger partial charge in [-0.25, -0.2) is 4.79 Å². The van der Waals surface area contributed by atoms with Crippen LogP contribution in [0.5, 0.6) is 11.5 Å². The minimum atomic E-state index is -0.752. The monoisotopic (exact) mass is 552 g/mol. The quantitative estimate of drug-likeness (QED) is 0.416. The van der Waals surface area contributed by atoms with E-state index in [1.54, 1.807) is 18.9 Å². The van der Waals surface area contributed by atoms with Crippen molar-refractivity contribution >= 4 is 12.0 Å². The van der Waals surface area contributed by atoms with E-state index in [0.717, 1.165) is 36.8 Å². The summed E-state index contributed by atoms with van der Waals surface area (Å²) in [6.45, 7) is 8.50. The minimum absolute atomic E-state index is 0.125. The van der Waals surface area contributed by atoms with Gasteiger partial charge in [-0.1, -0.05) is 57.2 Å². The molecule has 2 fully saturated rings. The van der Waals surface area contributed by atoms with Crippen LogP contribution in [0.25, 0.3) is 0 Å². The number of carbonyl (C=O) groups excluding carboxylic acids is 2. The van der Waals surface area contributed by atoms with Crippen LogP contribution in [0.15, 0.2) is 48.5 Å². The lowest BCUT2D eigenvalue weighted by molar-refractivity contribution is -0.134. The summed E-state index contributed by atoms with van der Waals surface area (Å²) >= 11 is 0. The predicted octanol–water partition coefficient (Wildman–Crippen LogP) is 5.28. The second kappa shape index (κ2) is 12.9. The van der Waals surface area contributed by atoms with E-state index < -0.39 is 23.7 Å². The zero-order chi connectivity index (χ0) is 28.9. The van der Waals surface area contributed by atoms with Gasteiger partial charge in [-0.3, -0.25) is 4.79 Å². The summed E-state index contributed by atoms with van der Waals surface area (Å²) in [6.07, 6.45) is 3.26. The van der Waals surface area contributed by atoms with E-state index in [1.165, 1.54) is 0 Å². The lowest BCUT2D eigenvalue weighted by Gasteiger charge is -2.34. The lowest BCUT2D eigenvalue weighted by Crippen LogP contribution is -2.51. The van der Waals surface area contributed by atoms with Crippen molar-refractivity contribution in [2.24, 2.45) is 11.3 Å². The van der Waals surface area contributed by atoms with Gasteiger partial charge < -0.3 is 29.5 Å². The van der Waals surface area contributed by atoms with E-state index in [9.17, 15) is 14.7 Å². The van der Waals surface area contributed by atoms with Gasteiger partial charge in [-0.2, -0.15) is 0 Å². The first-order valence-electron chi connectivity index (χ1n) is 14.4. The third-order valence-electron chi connectivity index (χ3n) is 8.60. The zero-order valence-electron chi connectivity index (χ0n) is 24.4. The molecular weight excluding hydrogens is 508 g/mol. The molecule has 0 spiro atoms. The molecule has 2 amide bonds. The van der Waals surface area contributed by atoms with Crippen molar-refractivity contribution in [1.82, 2.24) is 10.2 Å². The molecule has 1 unspecified atom stereocenters. The first-order valence-corrected chi connectivity index (χ1v) is 14.4. The molecule has 4 rings (SSSR count). The summed E-state index contributed by atoms with van der Waals surface area (Å²) in [5.74, 6) is 0.912. The molecule has 0 bridgehead atoms. The van der Waals surface area contributed by atoms with Crippen molar-refractivity contribution in [3.63, 3.8) is 0 Å². The zero-order valence-corrected chi connectivity index (χ0v) is 24.4. The Morgan fingerprint density at radius 2 is 1.77 bits per heavy atom. The number of rotatable bonds is 10. The number of likely N-dealkylation sites (tertiary alicyclic amines) is 1. The normalized spacial score (nSPS) is 22.7.